The molecule has 0 aromatic heterocycles. The van der Waals surface area contributed by atoms with Crippen LogP contribution in [0, 0.1) is 0 Å². The average molecular weight is 535 g/mol. The van der Waals surface area contributed by atoms with Gasteiger partial charge in [-0.3, -0.25) is 0 Å². The third-order valence-electron chi connectivity index (χ3n) is 5.28. The van der Waals surface area contributed by atoms with Crippen molar-refractivity contribution >= 4 is 46.4 Å². The smallest absolute Gasteiger partial charge is 0.443 e. The van der Waals surface area contributed by atoms with Gasteiger partial charge >= 0.3 is 12.2 Å². The van der Waals surface area contributed by atoms with E-state index in [9.17, 15) is 9.59 Å². The third-order valence-corrected chi connectivity index (χ3v) is 5.28. The summed E-state index contributed by atoms with van der Waals surface area (Å²) in [5.74, 6) is 0. The highest BCUT2D eigenvalue weighted by Gasteiger charge is 2.25. The lowest BCUT2D eigenvalue weighted by Gasteiger charge is -2.29. The molecule has 4 N–H and O–H groups in total. The Labute approximate surface area is 230 Å². The maximum Gasteiger partial charge on any atom is 0.508 e. The Morgan fingerprint density at radius 3 is 1.46 bits per heavy atom. The summed E-state index contributed by atoms with van der Waals surface area (Å²) < 4.78 is 16.2. The van der Waals surface area contributed by atoms with Gasteiger partial charge in [-0.05, 0) is 114 Å². The number of hydrogen-bond donors (Lipinski definition) is 2. The first-order chi connectivity index (χ1) is 18.2. The van der Waals surface area contributed by atoms with E-state index in [0.29, 0.717) is 29.3 Å². The van der Waals surface area contributed by atoms with Gasteiger partial charge in [-0.15, -0.1) is 0 Å². The van der Waals surface area contributed by atoms with E-state index in [2.05, 4.69) is 0 Å². The predicted octanol–water partition coefficient (Wildman–Crippen LogP) is 7.01. The lowest BCUT2D eigenvalue weighted by molar-refractivity contribution is -0.00583. The Balaban J connectivity index is 1.89. The number of nitrogens with zero attached hydrogens (tertiary/aromatic N) is 2. The van der Waals surface area contributed by atoms with Gasteiger partial charge in [-0.25, -0.2) is 14.5 Å². The zero-order chi connectivity index (χ0) is 28.8. The first-order valence-corrected chi connectivity index (χ1v) is 12.7. The van der Waals surface area contributed by atoms with Gasteiger partial charge in [0.1, 0.15) is 17.8 Å². The van der Waals surface area contributed by atoms with E-state index in [0.717, 1.165) is 11.4 Å². The van der Waals surface area contributed by atoms with Crippen LogP contribution in [0.5, 0.6) is 0 Å². The van der Waals surface area contributed by atoms with Crippen molar-refractivity contribution in [1.29, 1.82) is 0 Å². The normalized spacial score (nSPS) is 11.4. The zero-order valence-electron chi connectivity index (χ0n) is 23.4. The van der Waals surface area contributed by atoms with E-state index < -0.39 is 23.5 Å². The number of benzene rings is 3. The largest absolute Gasteiger partial charge is 0.508 e. The van der Waals surface area contributed by atoms with Gasteiger partial charge in [-0.2, -0.15) is 0 Å². The van der Waals surface area contributed by atoms with Crippen LogP contribution in [0.3, 0.4) is 0 Å². The van der Waals surface area contributed by atoms with Crippen LogP contribution in [0.1, 0.15) is 41.5 Å². The molecule has 0 saturated heterocycles. The Hall–Kier alpha value is -4.40. The van der Waals surface area contributed by atoms with Crippen LogP contribution in [0.4, 0.5) is 43.7 Å². The second kappa shape index (κ2) is 12.0. The molecule has 0 aliphatic carbocycles. The number of nitrogens with two attached hydrogens (primary N) is 2. The summed E-state index contributed by atoms with van der Waals surface area (Å²) in [5, 5.41) is 0. The Bertz CT molecular complexity index is 1250. The van der Waals surface area contributed by atoms with E-state index in [1.807, 2.05) is 62.1 Å². The molecule has 39 heavy (non-hydrogen) atoms. The summed E-state index contributed by atoms with van der Waals surface area (Å²) in [6.45, 7) is 11.2. The molecular formula is C30H38N4O5. The molecule has 0 bridgehead atoms. The first kappa shape index (κ1) is 29.2. The number of rotatable bonds is 7. The maximum atomic E-state index is 13.2. The van der Waals surface area contributed by atoms with Crippen LogP contribution < -0.4 is 21.3 Å². The van der Waals surface area contributed by atoms with Gasteiger partial charge in [0.25, 0.3) is 0 Å². The fourth-order valence-corrected chi connectivity index (χ4v) is 3.63. The molecule has 3 aromatic carbocycles. The number of nitrogen functional groups attached to an aromatic ring is 2. The lowest BCUT2D eigenvalue weighted by atomic mass is 10.2. The number of hydrogen-bond acceptors (Lipinski definition) is 8. The fraction of sp³-hybridized carbons (Fsp3) is 0.333. The number of ether oxygens (including phenoxy) is 3. The quantitative estimate of drug-likeness (QED) is 0.245. The van der Waals surface area contributed by atoms with Crippen molar-refractivity contribution in [2.24, 2.45) is 0 Å². The third kappa shape index (κ3) is 8.84. The molecule has 3 rings (SSSR count). The molecule has 0 spiro atoms. The van der Waals surface area contributed by atoms with Crippen LogP contribution in [0.2, 0.25) is 0 Å². The minimum Gasteiger partial charge on any atom is -0.443 e. The Kier molecular flexibility index (Phi) is 8.96. The summed E-state index contributed by atoms with van der Waals surface area (Å²) in [5.41, 5.74) is 14.6. The second-order valence-electron chi connectivity index (χ2n) is 11.0. The highest BCUT2D eigenvalue weighted by Crippen LogP contribution is 2.32. The molecule has 0 atom stereocenters. The highest BCUT2D eigenvalue weighted by atomic mass is 16.7. The van der Waals surface area contributed by atoms with Crippen LogP contribution in [0.25, 0.3) is 0 Å². The lowest BCUT2D eigenvalue weighted by Crippen LogP contribution is -2.33. The van der Waals surface area contributed by atoms with Gasteiger partial charge in [0.2, 0.25) is 0 Å². The molecule has 0 saturated carbocycles. The summed E-state index contributed by atoms with van der Waals surface area (Å²) in [6, 6.07) is 21.8. The van der Waals surface area contributed by atoms with E-state index >= 15 is 0 Å². The average Bonchev–Trinajstić information content (AvgIpc) is 2.82. The molecule has 0 unspecified atom stereocenters. The van der Waals surface area contributed by atoms with E-state index in [4.69, 9.17) is 25.7 Å². The monoisotopic (exact) mass is 534 g/mol. The molecule has 0 aliphatic rings. The molecular weight excluding hydrogens is 496 g/mol. The fourth-order valence-electron chi connectivity index (χ4n) is 3.63. The van der Waals surface area contributed by atoms with Crippen LogP contribution >= 0.6 is 0 Å². The van der Waals surface area contributed by atoms with Gasteiger partial charge in [-0.1, -0.05) is 0 Å². The van der Waals surface area contributed by atoms with Crippen molar-refractivity contribution in [3.63, 3.8) is 0 Å². The van der Waals surface area contributed by atoms with Gasteiger partial charge in [0, 0.05) is 22.7 Å². The summed E-state index contributed by atoms with van der Waals surface area (Å²) >= 11 is 0. The van der Waals surface area contributed by atoms with Crippen LogP contribution in [-0.4, -0.2) is 36.6 Å². The molecule has 0 heterocycles. The molecule has 1 amide bonds. The molecule has 3 aromatic rings. The molecule has 0 fully saturated rings. The van der Waals surface area contributed by atoms with Crippen molar-refractivity contribution < 1.29 is 23.8 Å². The molecule has 0 radical (unpaired) electrons. The van der Waals surface area contributed by atoms with Gasteiger partial charge in [0.05, 0.1) is 17.9 Å². The number of carbonyl (C=O) groups excluding carboxylic acids is 2. The molecule has 9 heteroatoms. The van der Waals surface area contributed by atoms with Crippen molar-refractivity contribution in [3.05, 3.63) is 72.8 Å². The van der Waals surface area contributed by atoms with Crippen molar-refractivity contribution in [2.75, 3.05) is 34.4 Å². The Morgan fingerprint density at radius 1 is 0.641 bits per heavy atom. The molecule has 208 valence electrons. The first-order valence-electron chi connectivity index (χ1n) is 12.7. The van der Waals surface area contributed by atoms with Crippen molar-refractivity contribution in [1.82, 2.24) is 0 Å². The summed E-state index contributed by atoms with van der Waals surface area (Å²) in [7, 11) is 0. The minimum atomic E-state index is -0.730. The summed E-state index contributed by atoms with van der Waals surface area (Å²) in [4.78, 5) is 28.7. The number of anilines is 6. The van der Waals surface area contributed by atoms with Crippen LogP contribution in [-0.2, 0) is 14.2 Å². The summed E-state index contributed by atoms with van der Waals surface area (Å²) in [6.07, 6.45) is -1.24. The highest BCUT2D eigenvalue weighted by molar-refractivity contribution is 5.96. The number of carbonyl (C=O) groups is 2. The van der Waals surface area contributed by atoms with Crippen molar-refractivity contribution in [2.45, 2.75) is 52.7 Å². The van der Waals surface area contributed by atoms with Crippen LogP contribution in [0.15, 0.2) is 72.8 Å². The van der Waals surface area contributed by atoms with Crippen molar-refractivity contribution in [3.8, 4) is 0 Å². The van der Waals surface area contributed by atoms with E-state index in [-0.39, 0.29) is 6.61 Å². The second-order valence-corrected chi connectivity index (χ2v) is 11.0. The van der Waals surface area contributed by atoms with E-state index in [1.165, 1.54) is 4.90 Å². The minimum absolute atomic E-state index is 0.0938. The van der Waals surface area contributed by atoms with Gasteiger partial charge in [0.15, 0.2) is 0 Å². The molecule has 0 aliphatic heterocycles. The maximum absolute atomic E-state index is 13.2. The number of amides is 1. The standard InChI is InChI=1S/C30H38N4O5/c1-29(2,3)38-27(35)34(25-13-9-22(32)10-14-25)26-17-15-24(16-18-26)33(23-11-7-21(31)8-12-23)19-20-37-28(36)39-30(4,5)6/h7-18H,19-20,31-32H2,1-6H3. The Morgan fingerprint density at radius 2 is 1.03 bits per heavy atom. The van der Waals surface area contributed by atoms with Gasteiger partial charge < -0.3 is 30.6 Å². The van der Waals surface area contributed by atoms with E-state index in [1.54, 1.807) is 57.2 Å². The predicted molar refractivity (Wildman–Crippen MR) is 156 cm³/mol. The topological polar surface area (TPSA) is 120 Å². The zero-order valence-corrected chi connectivity index (χ0v) is 23.4. The molecule has 9 nitrogen and oxygen atoms in total. The SMILES string of the molecule is CC(C)(C)OC(=O)OCCN(c1ccc(N)cc1)c1ccc(N(C(=O)OC(C)(C)C)c2ccc(N)cc2)cc1.